The first-order chi connectivity index (χ1) is 17.6. The Morgan fingerprint density at radius 1 is 1.19 bits per heavy atom. The van der Waals surface area contributed by atoms with E-state index in [1.54, 1.807) is 13.1 Å². The molecule has 0 saturated heterocycles. The molecule has 2 aliphatic rings. The summed E-state index contributed by atoms with van der Waals surface area (Å²) in [5.41, 5.74) is 3.94. The minimum Gasteiger partial charge on any atom is -0.486 e. The number of hydrogen-bond acceptors (Lipinski definition) is 5. The van der Waals surface area contributed by atoms with Gasteiger partial charge >= 0.3 is 0 Å². The molecule has 2 aromatic carbocycles. The number of aromatic amines is 1. The zero-order valence-corrected chi connectivity index (χ0v) is 20.0. The monoisotopic (exact) mass is 487 g/mol. The molecular weight excluding hydrogens is 458 g/mol. The van der Waals surface area contributed by atoms with Gasteiger partial charge in [0.05, 0.1) is 24.1 Å². The van der Waals surface area contributed by atoms with E-state index in [0.29, 0.717) is 43.1 Å². The number of para-hydroxylation sites is 1. The first-order valence-corrected chi connectivity index (χ1v) is 12.1. The average molecular weight is 488 g/mol. The van der Waals surface area contributed by atoms with Crippen LogP contribution in [-0.4, -0.2) is 54.8 Å². The summed E-state index contributed by atoms with van der Waals surface area (Å²) in [6.07, 6.45) is 8.79. The zero-order valence-electron chi connectivity index (χ0n) is 20.0. The molecule has 36 heavy (non-hydrogen) atoms. The normalized spacial score (nSPS) is 17.4. The Labute approximate surface area is 209 Å². The smallest absolute Gasteiger partial charge is 0.255 e. The number of aliphatic hydroxyl groups excluding tert-OH is 1. The van der Waals surface area contributed by atoms with Gasteiger partial charge in [-0.1, -0.05) is 36.4 Å². The number of carbonyl (C=O) groups excluding carboxylic acids is 2. The van der Waals surface area contributed by atoms with E-state index in [9.17, 15) is 14.7 Å². The van der Waals surface area contributed by atoms with Crippen LogP contribution < -0.4 is 20.1 Å². The SMILES string of the molecule is CNC(=O)C1C=C(c2cc3c(c(C(=O)N[C@@H](CO)Cc4c[nH]c5ccccc45)c2)OCCO3)C=CC1. The van der Waals surface area contributed by atoms with Crippen molar-refractivity contribution in [2.75, 3.05) is 26.9 Å². The molecule has 0 spiro atoms. The number of benzene rings is 2. The third-order valence-electron chi connectivity index (χ3n) is 6.57. The van der Waals surface area contributed by atoms with Crippen LogP contribution in [0.2, 0.25) is 0 Å². The molecule has 8 heteroatoms. The Bertz CT molecular complexity index is 1360. The van der Waals surface area contributed by atoms with Crippen molar-refractivity contribution in [1.29, 1.82) is 0 Å². The van der Waals surface area contributed by atoms with Gasteiger partial charge in [-0.3, -0.25) is 9.59 Å². The van der Waals surface area contributed by atoms with E-state index in [4.69, 9.17) is 9.47 Å². The van der Waals surface area contributed by atoms with E-state index in [1.807, 2.05) is 54.8 Å². The molecule has 5 rings (SSSR count). The van der Waals surface area contributed by atoms with Crippen LogP contribution in [0.25, 0.3) is 16.5 Å². The highest BCUT2D eigenvalue weighted by molar-refractivity contribution is 6.00. The van der Waals surface area contributed by atoms with Crippen molar-refractivity contribution in [3.05, 3.63) is 77.5 Å². The fourth-order valence-corrected chi connectivity index (χ4v) is 4.72. The first kappa shape index (κ1) is 23.7. The van der Waals surface area contributed by atoms with Gasteiger partial charge in [-0.05, 0) is 47.7 Å². The molecule has 186 valence electrons. The van der Waals surface area contributed by atoms with E-state index < -0.39 is 6.04 Å². The molecule has 1 unspecified atom stereocenters. The Hall–Kier alpha value is -4.04. The van der Waals surface area contributed by atoms with E-state index in [2.05, 4.69) is 15.6 Å². The predicted molar refractivity (Wildman–Crippen MR) is 137 cm³/mol. The topological polar surface area (TPSA) is 113 Å². The van der Waals surface area contributed by atoms with Gasteiger partial charge in [0.1, 0.15) is 13.2 Å². The molecule has 1 aromatic heterocycles. The van der Waals surface area contributed by atoms with Crippen molar-refractivity contribution in [2.45, 2.75) is 18.9 Å². The lowest BCUT2D eigenvalue weighted by molar-refractivity contribution is -0.123. The second-order valence-electron chi connectivity index (χ2n) is 8.95. The van der Waals surface area contributed by atoms with Gasteiger partial charge in [-0.15, -0.1) is 0 Å². The number of aliphatic hydroxyl groups is 1. The molecule has 0 saturated carbocycles. The zero-order chi connectivity index (χ0) is 25.1. The molecule has 4 N–H and O–H groups in total. The van der Waals surface area contributed by atoms with Crippen molar-refractivity contribution in [3.8, 4) is 11.5 Å². The van der Waals surface area contributed by atoms with E-state index >= 15 is 0 Å². The fraction of sp³-hybridized carbons (Fsp3) is 0.286. The van der Waals surface area contributed by atoms with Gasteiger partial charge in [0, 0.05) is 24.1 Å². The summed E-state index contributed by atoms with van der Waals surface area (Å²) in [5.74, 6) is 0.165. The van der Waals surface area contributed by atoms with E-state index in [-0.39, 0.29) is 24.3 Å². The van der Waals surface area contributed by atoms with Crippen LogP contribution in [-0.2, 0) is 11.2 Å². The number of amides is 2. The third kappa shape index (κ3) is 4.72. The van der Waals surface area contributed by atoms with Crippen molar-refractivity contribution >= 4 is 28.3 Å². The molecule has 2 atom stereocenters. The highest BCUT2D eigenvalue weighted by Gasteiger charge is 2.26. The number of hydrogen-bond donors (Lipinski definition) is 4. The number of carbonyl (C=O) groups is 2. The Kier molecular flexibility index (Phi) is 6.77. The number of fused-ring (bicyclic) bond motifs is 2. The van der Waals surface area contributed by atoms with Crippen molar-refractivity contribution < 1.29 is 24.2 Å². The van der Waals surface area contributed by atoms with Gasteiger partial charge in [0.15, 0.2) is 11.5 Å². The van der Waals surface area contributed by atoms with E-state index in [1.165, 1.54) is 0 Å². The summed E-state index contributed by atoms with van der Waals surface area (Å²) in [6, 6.07) is 11.0. The lowest BCUT2D eigenvalue weighted by Gasteiger charge is -2.24. The van der Waals surface area contributed by atoms with Crippen LogP contribution >= 0.6 is 0 Å². The second-order valence-corrected chi connectivity index (χ2v) is 8.95. The summed E-state index contributed by atoms with van der Waals surface area (Å²) in [4.78, 5) is 28.9. The molecule has 8 nitrogen and oxygen atoms in total. The van der Waals surface area contributed by atoms with Gasteiger partial charge in [0.25, 0.3) is 5.91 Å². The highest BCUT2D eigenvalue weighted by Crippen LogP contribution is 2.38. The summed E-state index contributed by atoms with van der Waals surface area (Å²) >= 11 is 0. The second kappa shape index (κ2) is 10.3. The fourth-order valence-electron chi connectivity index (χ4n) is 4.72. The molecule has 0 bridgehead atoms. The molecule has 1 aliphatic carbocycles. The predicted octanol–water partition coefficient (Wildman–Crippen LogP) is 2.98. The van der Waals surface area contributed by atoms with Crippen LogP contribution in [0.3, 0.4) is 0 Å². The van der Waals surface area contributed by atoms with Gasteiger partial charge in [-0.2, -0.15) is 0 Å². The summed E-state index contributed by atoms with van der Waals surface area (Å²) in [6.45, 7) is 0.506. The van der Waals surface area contributed by atoms with Crippen LogP contribution in [0.1, 0.15) is 27.9 Å². The molecule has 2 amide bonds. The Morgan fingerprint density at radius 3 is 2.86 bits per heavy atom. The van der Waals surface area contributed by atoms with Crippen LogP contribution in [0, 0.1) is 5.92 Å². The molecular formula is C28H29N3O5. The molecule has 0 fully saturated rings. The Morgan fingerprint density at radius 2 is 2.03 bits per heavy atom. The lowest BCUT2D eigenvalue weighted by Crippen LogP contribution is -2.39. The number of rotatable bonds is 7. The summed E-state index contributed by atoms with van der Waals surface area (Å²) < 4.78 is 11.6. The Balaban J connectivity index is 1.43. The number of nitrogens with one attached hydrogen (secondary N) is 3. The van der Waals surface area contributed by atoms with Crippen molar-refractivity contribution in [2.24, 2.45) is 5.92 Å². The maximum atomic E-state index is 13.5. The largest absolute Gasteiger partial charge is 0.486 e. The molecule has 1 aliphatic heterocycles. The van der Waals surface area contributed by atoms with Gasteiger partial charge < -0.3 is 30.2 Å². The summed E-state index contributed by atoms with van der Waals surface area (Å²) in [7, 11) is 1.62. The van der Waals surface area contributed by atoms with Gasteiger partial charge in [-0.25, -0.2) is 0 Å². The number of H-pyrrole nitrogens is 1. The third-order valence-corrected chi connectivity index (χ3v) is 6.57. The maximum absolute atomic E-state index is 13.5. The van der Waals surface area contributed by atoms with Crippen LogP contribution in [0.15, 0.2) is 60.8 Å². The maximum Gasteiger partial charge on any atom is 0.255 e. The molecule has 2 heterocycles. The highest BCUT2D eigenvalue weighted by atomic mass is 16.6. The van der Waals surface area contributed by atoms with Crippen molar-refractivity contribution in [3.63, 3.8) is 0 Å². The van der Waals surface area contributed by atoms with Gasteiger partial charge in [0.2, 0.25) is 5.91 Å². The number of ether oxygens (including phenoxy) is 2. The minimum absolute atomic E-state index is 0.0598. The number of allylic oxidation sites excluding steroid dienone is 3. The number of aromatic nitrogens is 1. The molecule has 3 aromatic rings. The lowest BCUT2D eigenvalue weighted by atomic mass is 9.90. The van der Waals surface area contributed by atoms with E-state index in [0.717, 1.165) is 27.6 Å². The average Bonchev–Trinajstić information content (AvgIpc) is 3.34. The first-order valence-electron chi connectivity index (χ1n) is 12.1. The van der Waals surface area contributed by atoms with Crippen LogP contribution in [0.5, 0.6) is 11.5 Å². The standard InChI is InChI=1S/C28H29N3O5/c1-29-27(33)18-6-4-5-17(11-18)19-13-23(26-25(14-19)35-9-10-36-26)28(34)31-21(16-32)12-20-15-30-24-8-3-2-7-22(20)24/h2-5,7-8,11,13-15,18,21,30,32H,6,9-10,12,16H2,1H3,(H,29,33)(H,31,34)/t18?,21-/m1/s1. The quantitative estimate of drug-likeness (QED) is 0.409. The minimum atomic E-state index is -0.494. The molecule has 0 radical (unpaired) electrons. The van der Waals surface area contributed by atoms with Crippen molar-refractivity contribution in [1.82, 2.24) is 15.6 Å². The van der Waals surface area contributed by atoms with Crippen LogP contribution in [0.4, 0.5) is 0 Å². The summed E-state index contributed by atoms with van der Waals surface area (Å²) in [5, 5.41) is 16.8.